The maximum absolute atomic E-state index is 13.2. The Morgan fingerprint density at radius 1 is 1.62 bits per heavy atom. The Morgan fingerprint density at radius 2 is 2.25 bits per heavy atom. The normalized spacial score (nSPS) is 24.2. The Bertz CT molecular complexity index is 283. The van der Waals surface area contributed by atoms with Crippen LogP contribution in [0.3, 0.4) is 0 Å². The van der Waals surface area contributed by atoms with Crippen molar-refractivity contribution in [2.75, 3.05) is 6.54 Å². The highest BCUT2D eigenvalue weighted by Crippen LogP contribution is 2.22. The van der Waals surface area contributed by atoms with Crippen LogP contribution in [-0.4, -0.2) is 46.7 Å². The van der Waals surface area contributed by atoms with E-state index in [2.05, 4.69) is 0 Å². The lowest BCUT2D eigenvalue weighted by Gasteiger charge is -2.26. The summed E-state index contributed by atoms with van der Waals surface area (Å²) in [6.07, 6.45) is 0.0320. The van der Waals surface area contributed by atoms with Crippen molar-refractivity contribution in [3.05, 3.63) is 0 Å². The standard InChI is InChI=1S/C10H17FN2O3/c1-6(11)8-3-2-4-13(8)9(14)5-7(12)10(15)16/h6-8H,2-5,12H2,1H3,(H,15,16)/t6?,7-,8?/m0/s1. The average molecular weight is 232 g/mol. The van der Waals surface area contributed by atoms with Gasteiger partial charge in [0, 0.05) is 6.54 Å². The van der Waals surface area contributed by atoms with Crippen molar-refractivity contribution in [2.45, 2.75) is 44.4 Å². The number of alkyl halides is 1. The van der Waals surface area contributed by atoms with Crippen molar-refractivity contribution >= 4 is 11.9 Å². The van der Waals surface area contributed by atoms with E-state index in [1.165, 1.54) is 11.8 Å². The van der Waals surface area contributed by atoms with Crippen molar-refractivity contribution in [1.82, 2.24) is 4.90 Å². The molecule has 0 aromatic heterocycles. The summed E-state index contributed by atoms with van der Waals surface area (Å²) in [4.78, 5) is 23.6. The summed E-state index contributed by atoms with van der Waals surface area (Å²) in [7, 11) is 0. The molecule has 2 unspecified atom stereocenters. The lowest BCUT2D eigenvalue weighted by Crippen LogP contribution is -2.44. The van der Waals surface area contributed by atoms with Gasteiger partial charge in [0.25, 0.3) is 0 Å². The van der Waals surface area contributed by atoms with E-state index >= 15 is 0 Å². The van der Waals surface area contributed by atoms with Crippen LogP contribution in [0.15, 0.2) is 0 Å². The number of carbonyl (C=O) groups excluding carboxylic acids is 1. The molecule has 0 aliphatic carbocycles. The minimum absolute atomic E-state index is 0.265. The molecule has 1 aliphatic rings. The van der Waals surface area contributed by atoms with Gasteiger partial charge < -0.3 is 15.7 Å². The van der Waals surface area contributed by atoms with Crippen molar-refractivity contribution in [3.8, 4) is 0 Å². The zero-order chi connectivity index (χ0) is 12.3. The molecule has 1 fully saturated rings. The largest absolute Gasteiger partial charge is 0.480 e. The number of carbonyl (C=O) groups is 2. The van der Waals surface area contributed by atoms with Gasteiger partial charge in [0.1, 0.15) is 12.2 Å². The number of nitrogens with two attached hydrogens (primary N) is 1. The van der Waals surface area contributed by atoms with E-state index in [-0.39, 0.29) is 12.3 Å². The van der Waals surface area contributed by atoms with E-state index in [0.29, 0.717) is 13.0 Å². The second-order valence-corrected chi connectivity index (χ2v) is 4.12. The molecule has 0 saturated carbocycles. The molecule has 0 radical (unpaired) electrons. The van der Waals surface area contributed by atoms with Gasteiger partial charge in [-0.1, -0.05) is 0 Å². The van der Waals surface area contributed by atoms with Crippen LogP contribution in [0.4, 0.5) is 4.39 Å². The molecular weight excluding hydrogens is 215 g/mol. The summed E-state index contributed by atoms with van der Waals surface area (Å²) in [6.45, 7) is 1.90. The predicted octanol–water partition coefficient (Wildman–Crippen LogP) is 0.137. The number of hydrogen-bond donors (Lipinski definition) is 2. The number of amides is 1. The number of rotatable bonds is 4. The summed E-state index contributed by atoms with van der Waals surface area (Å²) < 4.78 is 13.2. The smallest absolute Gasteiger partial charge is 0.321 e. The molecule has 1 saturated heterocycles. The first-order valence-electron chi connectivity index (χ1n) is 5.35. The van der Waals surface area contributed by atoms with E-state index in [4.69, 9.17) is 10.8 Å². The zero-order valence-corrected chi connectivity index (χ0v) is 9.23. The summed E-state index contributed by atoms with van der Waals surface area (Å²) in [5, 5.41) is 8.58. The fourth-order valence-electron chi connectivity index (χ4n) is 1.97. The highest BCUT2D eigenvalue weighted by atomic mass is 19.1. The molecule has 92 valence electrons. The second kappa shape index (κ2) is 5.25. The molecule has 0 aromatic rings. The first kappa shape index (κ1) is 12.9. The molecule has 1 heterocycles. The molecule has 1 rings (SSSR count). The molecule has 3 N–H and O–H groups in total. The van der Waals surface area contributed by atoms with Gasteiger partial charge in [-0.15, -0.1) is 0 Å². The molecule has 1 amide bonds. The Kier molecular flexibility index (Phi) is 4.23. The second-order valence-electron chi connectivity index (χ2n) is 4.12. The number of carboxylic acid groups (broad SMARTS) is 1. The van der Waals surface area contributed by atoms with Crippen molar-refractivity contribution in [3.63, 3.8) is 0 Å². The van der Waals surface area contributed by atoms with Crippen molar-refractivity contribution < 1.29 is 19.1 Å². The first-order chi connectivity index (χ1) is 7.43. The first-order valence-corrected chi connectivity index (χ1v) is 5.35. The third-order valence-corrected chi connectivity index (χ3v) is 2.86. The van der Waals surface area contributed by atoms with Gasteiger partial charge in [0.2, 0.25) is 5.91 Å². The number of likely N-dealkylation sites (tertiary alicyclic amines) is 1. The molecule has 0 bridgehead atoms. The van der Waals surface area contributed by atoms with E-state index in [1.807, 2.05) is 0 Å². The summed E-state index contributed by atoms with van der Waals surface area (Å²) in [6, 6.07) is -1.63. The quantitative estimate of drug-likeness (QED) is 0.722. The SMILES string of the molecule is CC(F)C1CCCN1C(=O)C[C@H](N)C(=O)O. The van der Waals surface area contributed by atoms with Gasteiger partial charge >= 0.3 is 5.97 Å². The Labute approximate surface area is 93.4 Å². The molecule has 1 aliphatic heterocycles. The molecule has 16 heavy (non-hydrogen) atoms. The van der Waals surface area contributed by atoms with E-state index in [1.54, 1.807) is 0 Å². The zero-order valence-electron chi connectivity index (χ0n) is 9.23. The topological polar surface area (TPSA) is 83.6 Å². The van der Waals surface area contributed by atoms with Gasteiger partial charge in [0.05, 0.1) is 12.5 Å². The summed E-state index contributed by atoms with van der Waals surface area (Å²) in [5.74, 6) is -1.58. The number of carboxylic acids is 1. The van der Waals surface area contributed by atoms with Crippen LogP contribution in [0.5, 0.6) is 0 Å². The fourth-order valence-corrected chi connectivity index (χ4v) is 1.97. The lowest BCUT2D eigenvalue weighted by molar-refractivity contribution is -0.143. The molecule has 0 aromatic carbocycles. The van der Waals surface area contributed by atoms with Crippen LogP contribution in [0.25, 0.3) is 0 Å². The predicted molar refractivity (Wildman–Crippen MR) is 55.5 cm³/mol. The Balaban J connectivity index is 2.56. The fraction of sp³-hybridized carbons (Fsp3) is 0.800. The van der Waals surface area contributed by atoms with Crippen molar-refractivity contribution in [2.24, 2.45) is 5.73 Å². The molecular formula is C10H17FN2O3. The monoisotopic (exact) mass is 232 g/mol. The highest BCUT2D eigenvalue weighted by Gasteiger charge is 2.33. The Hall–Kier alpha value is -1.17. The number of halogens is 1. The van der Waals surface area contributed by atoms with E-state index in [0.717, 1.165) is 6.42 Å². The van der Waals surface area contributed by atoms with Gasteiger partial charge in [-0.2, -0.15) is 0 Å². The number of aliphatic carboxylic acids is 1. The molecule has 6 heteroatoms. The lowest BCUT2D eigenvalue weighted by atomic mass is 10.1. The average Bonchev–Trinajstić information content (AvgIpc) is 2.65. The van der Waals surface area contributed by atoms with Crippen LogP contribution in [0.2, 0.25) is 0 Å². The van der Waals surface area contributed by atoms with Crippen molar-refractivity contribution in [1.29, 1.82) is 0 Å². The van der Waals surface area contributed by atoms with Gasteiger partial charge in [-0.25, -0.2) is 4.39 Å². The van der Waals surface area contributed by atoms with E-state index < -0.39 is 24.2 Å². The maximum Gasteiger partial charge on any atom is 0.321 e. The minimum Gasteiger partial charge on any atom is -0.480 e. The Morgan fingerprint density at radius 3 is 2.75 bits per heavy atom. The van der Waals surface area contributed by atoms with Crippen LogP contribution >= 0.6 is 0 Å². The van der Waals surface area contributed by atoms with Gasteiger partial charge in [-0.05, 0) is 19.8 Å². The number of hydrogen-bond acceptors (Lipinski definition) is 3. The highest BCUT2D eigenvalue weighted by molar-refractivity contribution is 5.84. The van der Waals surface area contributed by atoms with Crippen LogP contribution in [0, 0.1) is 0 Å². The van der Waals surface area contributed by atoms with Crippen LogP contribution < -0.4 is 5.73 Å². The maximum atomic E-state index is 13.2. The van der Waals surface area contributed by atoms with E-state index in [9.17, 15) is 14.0 Å². The molecule has 5 nitrogen and oxygen atoms in total. The molecule has 0 spiro atoms. The van der Waals surface area contributed by atoms with Gasteiger partial charge in [0.15, 0.2) is 0 Å². The molecule has 3 atom stereocenters. The summed E-state index contributed by atoms with van der Waals surface area (Å²) >= 11 is 0. The summed E-state index contributed by atoms with van der Waals surface area (Å²) in [5.41, 5.74) is 5.27. The van der Waals surface area contributed by atoms with Crippen LogP contribution in [-0.2, 0) is 9.59 Å². The number of nitrogens with zero attached hydrogens (tertiary/aromatic N) is 1. The third-order valence-electron chi connectivity index (χ3n) is 2.86. The van der Waals surface area contributed by atoms with Gasteiger partial charge in [-0.3, -0.25) is 9.59 Å². The third kappa shape index (κ3) is 2.91. The van der Waals surface area contributed by atoms with Crippen LogP contribution in [0.1, 0.15) is 26.2 Å². The minimum atomic E-state index is -1.21.